The van der Waals surface area contributed by atoms with Crippen LogP contribution in [0.25, 0.3) is 0 Å². The molecule has 0 aromatic heterocycles. The molecule has 114 valence electrons. The molecule has 1 aromatic rings. The smallest absolute Gasteiger partial charge is 0.152 e. The molecule has 0 saturated carbocycles. The van der Waals surface area contributed by atoms with Gasteiger partial charge in [-0.2, -0.15) is 0 Å². The summed E-state index contributed by atoms with van der Waals surface area (Å²) in [7, 11) is 1.60. The first-order valence-electron chi connectivity index (χ1n) is 6.17. The summed E-state index contributed by atoms with van der Waals surface area (Å²) >= 11 is 0. The molecule has 0 atom stereocenters. The number of rotatable bonds is 10. The zero-order valence-corrected chi connectivity index (χ0v) is 11.4. The van der Waals surface area contributed by atoms with Crippen molar-refractivity contribution in [2.45, 2.75) is 0 Å². The second kappa shape index (κ2) is 9.46. The van der Waals surface area contributed by atoms with Gasteiger partial charge in [-0.1, -0.05) is 0 Å². The van der Waals surface area contributed by atoms with E-state index in [9.17, 15) is 8.78 Å². The van der Waals surface area contributed by atoms with Gasteiger partial charge in [0, 0.05) is 19.2 Å². The third-order valence-electron chi connectivity index (χ3n) is 2.35. The van der Waals surface area contributed by atoms with Crippen molar-refractivity contribution >= 4 is 5.69 Å². The summed E-state index contributed by atoms with van der Waals surface area (Å²) in [6.45, 7) is 2.39. The lowest BCUT2D eigenvalue weighted by atomic mass is 10.3. The Bertz CT molecular complexity index is 381. The van der Waals surface area contributed by atoms with E-state index < -0.39 is 17.3 Å². The maximum atomic E-state index is 13.1. The van der Waals surface area contributed by atoms with Crippen molar-refractivity contribution in [3.63, 3.8) is 0 Å². The van der Waals surface area contributed by atoms with E-state index in [1.807, 2.05) is 0 Å². The third kappa shape index (κ3) is 6.14. The van der Waals surface area contributed by atoms with Gasteiger partial charge in [0.1, 0.15) is 18.0 Å². The van der Waals surface area contributed by atoms with Crippen molar-refractivity contribution in [2.24, 2.45) is 0 Å². The Morgan fingerprint density at radius 2 is 1.40 bits per heavy atom. The number of anilines is 1. The van der Waals surface area contributed by atoms with Gasteiger partial charge in [-0.25, -0.2) is 8.78 Å². The number of hydrogen-bond donors (Lipinski definition) is 1. The number of benzene rings is 1. The highest BCUT2D eigenvalue weighted by molar-refractivity contribution is 5.45. The van der Waals surface area contributed by atoms with E-state index in [1.165, 1.54) is 0 Å². The molecule has 0 saturated heterocycles. The molecule has 20 heavy (non-hydrogen) atoms. The number of ether oxygens (including phenoxy) is 4. The van der Waals surface area contributed by atoms with Gasteiger partial charge in [0.15, 0.2) is 11.6 Å². The molecular weight excluding hydrogens is 272 g/mol. The molecule has 0 bridgehead atoms. The highest BCUT2D eigenvalue weighted by Crippen LogP contribution is 2.22. The summed E-state index contributed by atoms with van der Waals surface area (Å²) in [5, 5.41) is 0. The van der Waals surface area contributed by atoms with Crippen LogP contribution >= 0.6 is 0 Å². The van der Waals surface area contributed by atoms with Gasteiger partial charge in [0.25, 0.3) is 0 Å². The molecule has 1 aromatic carbocycles. The van der Waals surface area contributed by atoms with E-state index in [0.29, 0.717) is 33.0 Å². The largest absolute Gasteiger partial charge is 0.491 e. The van der Waals surface area contributed by atoms with Crippen LogP contribution in [0.4, 0.5) is 14.5 Å². The first-order valence-corrected chi connectivity index (χ1v) is 6.17. The molecule has 0 amide bonds. The van der Waals surface area contributed by atoms with Crippen LogP contribution in [0.2, 0.25) is 0 Å². The van der Waals surface area contributed by atoms with Gasteiger partial charge in [-0.05, 0) is 0 Å². The second-order valence-corrected chi connectivity index (χ2v) is 3.87. The normalized spacial score (nSPS) is 10.8. The van der Waals surface area contributed by atoms with Gasteiger partial charge < -0.3 is 24.7 Å². The first-order chi connectivity index (χ1) is 9.65. The Kier molecular flexibility index (Phi) is 7.86. The van der Waals surface area contributed by atoms with Crippen molar-refractivity contribution in [3.8, 4) is 5.75 Å². The van der Waals surface area contributed by atoms with Crippen LogP contribution in [-0.2, 0) is 14.2 Å². The average molecular weight is 291 g/mol. The van der Waals surface area contributed by atoms with Crippen LogP contribution in [0.1, 0.15) is 0 Å². The van der Waals surface area contributed by atoms with Gasteiger partial charge in [0.05, 0.1) is 33.0 Å². The van der Waals surface area contributed by atoms with Gasteiger partial charge in [0.2, 0.25) is 0 Å². The number of halogens is 2. The Hall–Kier alpha value is -1.44. The van der Waals surface area contributed by atoms with Crippen molar-refractivity contribution in [1.82, 2.24) is 0 Å². The average Bonchev–Trinajstić information content (AvgIpc) is 2.43. The quantitative estimate of drug-likeness (QED) is 0.524. The molecule has 0 unspecified atom stereocenters. The summed E-state index contributed by atoms with van der Waals surface area (Å²) in [5.74, 6) is -1.60. The zero-order valence-electron chi connectivity index (χ0n) is 11.4. The number of methoxy groups -OCH3 is 1. The maximum Gasteiger partial charge on any atom is 0.152 e. The molecule has 5 nitrogen and oxygen atoms in total. The van der Waals surface area contributed by atoms with E-state index in [-0.39, 0.29) is 12.4 Å². The van der Waals surface area contributed by atoms with Crippen LogP contribution in [0.3, 0.4) is 0 Å². The van der Waals surface area contributed by atoms with Crippen LogP contribution in [-0.4, -0.2) is 46.8 Å². The molecule has 1 rings (SSSR count). The van der Waals surface area contributed by atoms with Gasteiger partial charge in [-0.3, -0.25) is 0 Å². The van der Waals surface area contributed by atoms with E-state index in [2.05, 4.69) is 0 Å². The predicted molar refractivity (Wildman–Crippen MR) is 69.8 cm³/mol. The fraction of sp³-hybridized carbons (Fsp3) is 0.538. The molecular formula is C13H19F2NO4. The predicted octanol–water partition coefficient (Wildman–Crippen LogP) is 1.61. The monoisotopic (exact) mass is 291 g/mol. The number of nitrogens with two attached hydrogens (primary N) is 1. The lowest BCUT2D eigenvalue weighted by molar-refractivity contribution is 0.0179. The molecule has 0 aliphatic carbocycles. The molecule has 0 fully saturated rings. The van der Waals surface area contributed by atoms with Crippen molar-refractivity contribution in [1.29, 1.82) is 0 Å². The Balaban J connectivity index is 2.10. The first kappa shape index (κ1) is 16.6. The summed E-state index contributed by atoms with van der Waals surface area (Å²) in [5.41, 5.74) is 4.63. The van der Waals surface area contributed by atoms with Crippen molar-refractivity contribution in [3.05, 3.63) is 23.8 Å². The zero-order chi connectivity index (χ0) is 14.8. The standard InChI is InChI=1S/C13H19F2NO4/c1-17-2-3-18-4-5-19-6-7-20-10-8-11(14)13(16)12(15)9-10/h8-9H,2-7,16H2,1H3. The summed E-state index contributed by atoms with van der Waals surface area (Å²) in [4.78, 5) is 0. The SMILES string of the molecule is COCCOCCOCCOc1cc(F)c(N)c(F)c1. The fourth-order valence-electron chi connectivity index (χ4n) is 1.33. The fourth-order valence-corrected chi connectivity index (χ4v) is 1.33. The molecule has 0 radical (unpaired) electrons. The topological polar surface area (TPSA) is 62.9 Å². The van der Waals surface area contributed by atoms with E-state index in [0.717, 1.165) is 12.1 Å². The van der Waals surface area contributed by atoms with Crippen molar-refractivity contribution in [2.75, 3.05) is 52.5 Å². The van der Waals surface area contributed by atoms with Gasteiger partial charge >= 0.3 is 0 Å². The van der Waals surface area contributed by atoms with Gasteiger partial charge in [-0.15, -0.1) is 0 Å². The third-order valence-corrected chi connectivity index (χ3v) is 2.35. The van der Waals surface area contributed by atoms with Crippen molar-refractivity contribution < 1.29 is 27.7 Å². The summed E-state index contributed by atoms with van der Waals surface area (Å²) in [6, 6.07) is 2.07. The van der Waals surface area contributed by atoms with E-state index >= 15 is 0 Å². The minimum atomic E-state index is -0.840. The highest BCUT2D eigenvalue weighted by atomic mass is 19.1. The molecule has 0 spiro atoms. The van der Waals surface area contributed by atoms with Crippen LogP contribution in [0.15, 0.2) is 12.1 Å². The lowest BCUT2D eigenvalue weighted by Gasteiger charge is -2.09. The summed E-state index contributed by atoms with van der Waals surface area (Å²) < 4.78 is 46.6. The Morgan fingerprint density at radius 1 is 0.900 bits per heavy atom. The summed E-state index contributed by atoms with van der Waals surface area (Å²) in [6.07, 6.45) is 0. The second-order valence-electron chi connectivity index (χ2n) is 3.87. The molecule has 7 heteroatoms. The van der Waals surface area contributed by atoms with E-state index in [4.69, 9.17) is 24.7 Å². The van der Waals surface area contributed by atoms with Crippen LogP contribution in [0, 0.1) is 11.6 Å². The lowest BCUT2D eigenvalue weighted by Crippen LogP contribution is -2.12. The number of nitrogen functional groups attached to an aromatic ring is 1. The molecule has 2 N–H and O–H groups in total. The molecule has 0 aliphatic rings. The minimum Gasteiger partial charge on any atom is -0.491 e. The minimum absolute atomic E-state index is 0.0779. The molecule has 0 heterocycles. The number of hydrogen-bond acceptors (Lipinski definition) is 5. The van der Waals surface area contributed by atoms with E-state index in [1.54, 1.807) is 7.11 Å². The molecule has 0 aliphatic heterocycles. The Morgan fingerprint density at radius 3 is 1.95 bits per heavy atom. The van der Waals surface area contributed by atoms with Crippen LogP contribution in [0.5, 0.6) is 5.75 Å². The maximum absolute atomic E-state index is 13.1. The Labute approximate surface area is 116 Å². The highest BCUT2D eigenvalue weighted by Gasteiger charge is 2.08. The van der Waals surface area contributed by atoms with Crippen LogP contribution < -0.4 is 10.5 Å².